The molecule has 1 aliphatic rings. The summed E-state index contributed by atoms with van der Waals surface area (Å²) in [6.07, 6.45) is 1.85. The fourth-order valence-electron chi connectivity index (χ4n) is 2.97. The summed E-state index contributed by atoms with van der Waals surface area (Å²) in [6.45, 7) is 5.17. The molecule has 2 N–H and O–H groups in total. The van der Waals surface area contributed by atoms with Crippen LogP contribution in [0.2, 0.25) is 0 Å². The number of nitrogens with two attached hydrogens (primary N) is 1. The highest BCUT2D eigenvalue weighted by Crippen LogP contribution is 2.19. The Hall–Kier alpha value is -2.12. The van der Waals surface area contributed by atoms with Crippen LogP contribution in [0.4, 0.5) is 5.13 Å². The second kappa shape index (κ2) is 8.31. The lowest BCUT2D eigenvalue weighted by atomic mass is 10.1. The molecule has 1 aliphatic heterocycles. The van der Waals surface area contributed by atoms with Crippen molar-refractivity contribution in [1.82, 2.24) is 14.8 Å². The number of hydrogen-bond donors (Lipinski definition) is 1. The van der Waals surface area contributed by atoms with E-state index in [-0.39, 0.29) is 0 Å². The van der Waals surface area contributed by atoms with Crippen LogP contribution in [-0.2, 0) is 13.1 Å². The number of guanidine groups is 1. The fourth-order valence-corrected chi connectivity index (χ4v) is 3.67. The van der Waals surface area contributed by atoms with Crippen molar-refractivity contribution in [3.63, 3.8) is 0 Å². The molecule has 7 heteroatoms. The monoisotopic (exact) mass is 358 g/mol. The van der Waals surface area contributed by atoms with Crippen LogP contribution >= 0.6 is 11.3 Å². The Bertz CT molecular complexity index is 689. The van der Waals surface area contributed by atoms with E-state index in [0.29, 0.717) is 12.5 Å². The van der Waals surface area contributed by atoms with E-state index in [1.54, 1.807) is 11.3 Å². The van der Waals surface area contributed by atoms with Gasteiger partial charge in [0.05, 0.1) is 6.54 Å². The highest BCUT2D eigenvalue weighted by atomic mass is 32.1. The Kier molecular flexibility index (Phi) is 5.88. The molecule has 6 nitrogen and oxygen atoms in total. The van der Waals surface area contributed by atoms with E-state index in [1.165, 1.54) is 11.1 Å². The maximum Gasteiger partial charge on any atom is 0.191 e. The quantitative estimate of drug-likeness (QED) is 0.653. The number of nitrogens with zero attached hydrogens (tertiary/aromatic N) is 5. The summed E-state index contributed by atoms with van der Waals surface area (Å²) in [6, 6.07) is 8.43. The van der Waals surface area contributed by atoms with Gasteiger partial charge in [-0.05, 0) is 25.2 Å². The first-order valence-corrected chi connectivity index (χ1v) is 9.42. The van der Waals surface area contributed by atoms with Crippen molar-refractivity contribution in [2.24, 2.45) is 10.7 Å². The Morgan fingerprint density at radius 2 is 1.92 bits per heavy atom. The van der Waals surface area contributed by atoms with Crippen LogP contribution in [0.5, 0.6) is 0 Å². The molecule has 1 aromatic heterocycles. The molecule has 2 aromatic rings. The van der Waals surface area contributed by atoms with Crippen LogP contribution in [0.3, 0.4) is 0 Å². The average Bonchev–Trinajstić information content (AvgIpc) is 3.15. The predicted molar refractivity (Wildman–Crippen MR) is 105 cm³/mol. The minimum absolute atomic E-state index is 0.628. The van der Waals surface area contributed by atoms with Crippen molar-refractivity contribution in [2.45, 2.75) is 13.1 Å². The highest BCUT2D eigenvalue weighted by molar-refractivity contribution is 7.13. The molecular formula is C18H26N6S. The van der Waals surface area contributed by atoms with Crippen LogP contribution in [0, 0.1) is 0 Å². The lowest BCUT2D eigenvalue weighted by molar-refractivity contribution is 0.380. The fraction of sp³-hybridized carbons (Fsp3) is 0.444. The van der Waals surface area contributed by atoms with Crippen molar-refractivity contribution in [1.29, 1.82) is 0 Å². The van der Waals surface area contributed by atoms with Gasteiger partial charge in [0.2, 0.25) is 0 Å². The van der Waals surface area contributed by atoms with Crippen molar-refractivity contribution >= 4 is 22.4 Å². The largest absolute Gasteiger partial charge is 0.370 e. The predicted octanol–water partition coefficient (Wildman–Crippen LogP) is 1.84. The Balaban J connectivity index is 1.58. The molecular weight excluding hydrogens is 332 g/mol. The molecule has 0 bridgehead atoms. The lowest BCUT2D eigenvalue weighted by Gasteiger charge is -2.35. The molecule has 0 unspecified atom stereocenters. The average molecular weight is 359 g/mol. The van der Waals surface area contributed by atoms with Crippen LogP contribution < -0.4 is 10.6 Å². The summed E-state index contributed by atoms with van der Waals surface area (Å²) in [5.74, 6) is 0.637. The van der Waals surface area contributed by atoms with E-state index in [0.717, 1.165) is 37.9 Å². The van der Waals surface area contributed by atoms with E-state index in [2.05, 4.69) is 63.0 Å². The van der Waals surface area contributed by atoms with Crippen molar-refractivity contribution in [2.75, 3.05) is 45.2 Å². The van der Waals surface area contributed by atoms with Gasteiger partial charge in [-0.25, -0.2) is 9.98 Å². The minimum Gasteiger partial charge on any atom is -0.370 e. The lowest BCUT2D eigenvalue weighted by Crippen LogP contribution is -2.51. The molecule has 1 aromatic carbocycles. The Morgan fingerprint density at radius 3 is 2.56 bits per heavy atom. The molecule has 1 saturated heterocycles. The first-order chi connectivity index (χ1) is 12.1. The molecule has 0 saturated carbocycles. The molecule has 3 rings (SSSR count). The van der Waals surface area contributed by atoms with Gasteiger partial charge in [0.15, 0.2) is 11.1 Å². The number of aromatic nitrogens is 1. The Labute approximate surface area is 153 Å². The first kappa shape index (κ1) is 17.7. The second-order valence-electron chi connectivity index (χ2n) is 6.47. The van der Waals surface area contributed by atoms with E-state index in [4.69, 9.17) is 5.73 Å². The van der Waals surface area contributed by atoms with Gasteiger partial charge >= 0.3 is 0 Å². The molecule has 2 heterocycles. The van der Waals surface area contributed by atoms with Gasteiger partial charge < -0.3 is 20.4 Å². The van der Waals surface area contributed by atoms with E-state index in [1.807, 2.05) is 11.6 Å². The maximum absolute atomic E-state index is 6.25. The smallest absolute Gasteiger partial charge is 0.191 e. The van der Waals surface area contributed by atoms with Gasteiger partial charge in [-0.3, -0.25) is 0 Å². The van der Waals surface area contributed by atoms with Crippen LogP contribution in [0.25, 0.3) is 0 Å². The summed E-state index contributed by atoms with van der Waals surface area (Å²) < 4.78 is 0. The summed E-state index contributed by atoms with van der Waals surface area (Å²) >= 11 is 1.68. The Morgan fingerprint density at radius 1 is 1.20 bits per heavy atom. The van der Waals surface area contributed by atoms with Crippen LogP contribution in [0.15, 0.2) is 40.8 Å². The number of benzene rings is 1. The standard InChI is InChI=1S/C18H26N6S/c1-22(2)14-16-6-4-3-5-15(16)13-21-17(19)23-8-10-24(11-9-23)18-20-7-12-25-18/h3-7,12H,8-11,13-14H2,1-2H3,(H2,19,21). The zero-order valence-corrected chi connectivity index (χ0v) is 15.7. The summed E-state index contributed by atoms with van der Waals surface area (Å²) in [4.78, 5) is 15.7. The SMILES string of the molecule is CN(C)Cc1ccccc1CN=C(N)N1CCN(c2nccs2)CC1. The van der Waals surface area contributed by atoms with Gasteiger partial charge in [0.1, 0.15) is 0 Å². The summed E-state index contributed by atoms with van der Waals surface area (Å²) in [5.41, 5.74) is 8.79. The van der Waals surface area contributed by atoms with Crippen LogP contribution in [-0.4, -0.2) is 61.0 Å². The topological polar surface area (TPSA) is 61.0 Å². The van der Waals surface area contributed by atoms with Crippen molar-refractivity contribution in [3.8, 4) is 0 Å². The third-order valence-corrected chi connectivity index (χ3v) is 5.14. The molecule has 25 heavy (non-hydrogen) atoms. The number of rotatable bonds is 5. The van der Waals surface area contributed by atoms with Gasteiger partial charge in [-0.2, -0.15) is 0 Å². The summed E-state index contributed by atoms with van der Waals surface area (Å²) in [7, 11) is 4.16. The normalized spacial score (nSPS) is 15.9. The van der Waals surface area contributed by atoms with Crippen molar-refractivity contribution in [3.05, 3.63) is 47.0 Å². The van der Waals surface area contributed by atoms with Gasteiger partial charge in [-0.15, -0.1) is 11.3 Å². The zero-order chi connectivity index (χ0) is 17.6. The molecule has 0 amide bonds. The minimum atomic E-state index is 0.628. The molecule has 0 spiro atoms. The maximum atomic E-state index is 6.25. The van der Waals surface area contributed by atoms with E-state index >= 15 is 0 Å². The number of anilines is 1. The molecule has 0 atom stereocenters. The number of hydrogen-bond acceptors (Lipinski definition) is 5. The first-order valence-electron chi connectivity index (χ1n) is 8.54. The molecule has 0 radical (unpaired) electrons. The molecule has 0 aliphatic carbocycles. The van der Waals surface area contributed by atoms with Crippen molar-refractivity contribution < 1.29 is 0 Å². The number of piperazine rings is 1. The zero-order valence-electron chi connectivity index (χ0n) is 14.9. The third-order valence-electron chi connectivity index (χ3n) is 4.31. The van der Waals surface area contributed by atoms with E-state index < -0.39 is 0 Å². The van der Waals surface area contributed by atoms with Gasteiger partial charge in [-0.1, -0.05) is 24.3 Å². The molecule has 1 fully saturated rings. The van der Waals surface area contributed by atoms with Gasteiger partial charge in [0, 0.05) is 44.3 Å². The highest BCUT2D eigenvalue weighted by Gasteiger charge is 2.19. The second-order valence-corrected chi connectivity index (χ2v) is 7.34. The van der Waals surface area contributed by atoms with Gasteiger partial charge in [0.25, 0.3) is 0 Å². The summed E-state index contributed by atoms with van der Waals surface area (Å²) in [5, 5.41) is 3.11. The third kappa shape index (κ3) is 4.70. The number of aliphatic imine (C=N–C) groups is 1. The van der Waals surface area contributed by atoms with E-state index in [9.17, 15) is 0 Å². The molecule has 134 valence electrons. The van der Waals surface area contributed by atoms with Crippen LogP contribution in [0.1, 0.15) is 11.1 Å². The number of thiazole rings is 1.